The van der Waals surface area contributed by atoms with E-state index in [0.29, 0.717) is 12.2 Å². The molecule has 0 saturated carbocycles. The van der Waals surface area contributed by atoms with Crippen LogP contribution in [0.4, 0.5) is 0 Å². The van der Waals surface area contributed by atoms with Gasteiger partial charge in [0, 0.05) is 42.0 Å². The summed E-state index contributed by atoms with van der Waals surface area (Å²) >= 11 is 0. The van der Waals surface area contributed by atoms with Crippen LogP contribution >= 0.6 is 0 Å². The quantitative estimate of drug-likeness (QED) is 0.583. The minimum absolute atomic E-state index is 0.0352. The van der Waals surface area contributed by atoms with Crippen molar-refractivity contribution in [1.82, 2.24) is 20.3 Å². The van der Waals surface area contributed by atoms with Crippen molar-refractivity contribution in [3.05, 3.63) is 96.2 Å². The number of carbonyl (C=O) groups is 1. The molecule has 0 bridgehead atoms. The smallest absolute Gasteiger partial charge is 0.271 e. The molecule has 0 saturated heterocycles. The summed E-state index contributed by atoms with van der Waals surface area (Å²) in [7, 11) is 0. The van der Waals surface area contributed by atoms with Crippen LogP contribution in [0.2, 0.25) is 0 Å². The number of hydrogen-bond donors (Lipinski definition) is 2. The molecule has 26 heavy (non-hydrogen) atoms. The SMILES string of the molecule is O=C(NCC(c1ccccc1)c1c[nH]c2ccccc12)c1cnccn1. The topological polar surface area (TPSA) is 70.7 Å². The number of H-pyrrole nitrogens is 1. The molecule has 0 radical (unpaired) electrons. The van der Waals surface area contributed by atoms with E-state index in [1.54, 1.807) is 6.20 Å². The summed E-state index contributed by atoms with van der Waals surface area (Å²) in [6.07, 6.45) is 6.56. The molecule has 5 heteroatoms. The lowest BCUT2D eigenvalue weighted by molar-refractivity contribution is 0.0947. The fourth-order valence-corrected chi connectivity index (χ4v) is 3.18. The van der Waals surface area contributed by atoms with Gasteiger partial charge in [0.05, 0.1) is 6.20 Å². The fraction of sp³-hybridized carbons (Fsp3) is 0.0952. The highest BCUT2D eigenvalue weighted by atomic mass is 16.1. The van der Waals surface area contributed by atoms with Crippen molar-refractivity contribution in [2.45, 2.75) is 5.92 Å². The Morgan fingerprint density at radius 2 is 1.85 bits per heavy atom. The van der Waals surface area contributed by atoms with Crippen LogP contribution in [0, 0.1) is 0 Å². The largest absolute Gasteiger partial charge is 0.361 e. The number of rotatable bonds is 5. The van der Waals surface area contributed by atoms with Crippen molar-refractivity contribution in [3.8, 4) is 0 Å². The Kier molecular flexibility index (Phi) is 4.43. The Labute approximate surface area is 151 Å². The van der Waals surface area contributed by atoms with Crippen molar-refractivity contribution < 1.29 is 4.79 Å². The zero-order chi connectivity index (χ0) is 17.8. The van der Waals surface area contributed by atoms with E-state index in [1.807, 2.05) is 36.5 Å². The van der Waals surface area contributed by atoms with Crippen LogP contribution in [0.15, 0.2) is 79.4 Å². The van der Waals surface area contributed by atoms with Gasteiger partial charge in [-0.05, 0) is 17.2 Å². The lowest BCUT2D eigenvalue weighted by atomic mass is 9.91. The van der Waals surface area contributed by atoms with Gasteiger partial charge >= 0.3 is 0 Å². The molecule has 2 aromatic heterocycles. The number of carbonyl (C=O) groups excluding carboxylic acids is 1. The molecule has 1 atom stereocenters. The van der Waals surface area contributed by atoms with Gasteiger partial charge in [0.15, 0.2) is 0 Å². The van der Waals surface area contributed by atoms with Crippen molar-refractivity contribution in [2.75, 3.05) is 6.54 Å². The van der Waals surface area contributed by atoms with Crippen LogP contribution in [-0.2, 0) is 0 Å². The van der Waals surface area contributed by atoms with Crippen LogP contribution in [-0.4, -0.2) is 27.4 Å². The summed E-state index contributed by atoms with van der Waals surface area (Å²) in [6, 6.07) is 18.4. The van der Waals surface area contributed by atoms with Gasteiger partial charge < -0.3 is 10.3 Å². The molecule has 0 fully saturated rings. The average Bonchev–Trinajstić information content (AvgIpc) is 3.14. The van der Waals surface area contributed by atoms with Gasteiger partial charge in [-0.25, -0.2) is 4.98 Å². The van der Waals surface area contributed by atoms with Crippen molar-refractivity contribution in [2.24, 2.45) is 0 Å². The van der Waals surface area contributed by atoms with Gasteiger partial charge in [-0.15, -0.1) is 0 Å². The first-order chi connectivity index (χ1) is 12.8. The van der Waals surface area contributed by atoms with Crippen LogP contribution in [0.5, 0.6) is 0 Å². The normalized spacial score (nSPS) is 12.0. The maximum absolute atomic E-state index is 12.4. The number of hydrogen-bond acceptors (Lipinski definition) is 3. The highest BCUT2D eigenvalue weighted by Crippen LogP contribution is 2.30. The van der Waals surface area contributed by atoms with Crippen molar-refractivity contribution in [3.63, 3.8) is 0 Å². The van der Waals surface area contributed by atoms with Gasteiger partial charge in [-0.2, -0.15) is 0 Å². The molecule has 5 nitrogen and oxygen atoms in total. The van der Waals surface area contributed by atoms with E-state index in [-0.39, 0.29) is 11.8 Å². The summed E-state index contributed by atoms with van der Waals surface area (Å²) in [4.78, 5) is 23.7. The molecular weight excluding hydrogens is 324 g/mol. The molecular formula is C21H18N4O. The number of aromatic nitrogens is 3. The summed E-state index contributed by atoms with van der Waals surface area (Å²) in [6.45, 7) is 0.473. The molecule has 4 rings (SSSR count). The predicted octanol–water partition coefficient (Wildman–Crippen LogP) is 3.52. The summed E-state index contributed by atoms with van der Waals surface area (Å²) in [5.41, 5.74) is 3.71. The zero-order valence-corrected chi connectivity index (χ0v) is 14.1. The highest BCUT2D eigenvalue weighted by Gasteiger charge is 2.19. The molecule has 128 valence electrons. The third kappa shape index (κ3) is 3.19. The number of amides is 1. The maximum atomic E-state index is 12.4. The number of benzene rings is 2. The van der Waals surface area contributed by atoms with Gasteiger partial charge in [-0.3, -0.25) is 9.78 Å². The Bertz CT molecular complexity index is 1010. The number of aromatic amines is 1. The molecule has 4 aromatic rings. The van der Waals surface area contributed by atoms with Crippen LogP contribution in [0.3, 0.4) is 0 Å². The van der Waals surface area contributed by atoms with Gasteiger partial charge in [-0.1, -0.05) is 48.5 Å². The third-order valence-corrected chi connectivity index (χ3v) is 4.46. The summed E-state index contributed by atoms with van der Waals surface area (Å²) in [5.74, 6) is -0.188. The van der Waals surface area contributed by atoms with E-state index in [2.05, 4.69) is 44.5 Å². The Hall–Kier alpha value is -3.47. The molecule has 2 heterocycles. The Morgan fingerprint density at radius 1 is 1.04 bits per heavy atom. The lowest BCUT2D eigenvalue weighted by Gasteiger charge is -2.18. The average molecular weight is 342 g/mol. The van der Waals surface area contributed by atoms with Gasteiger partial charge in [0.2, 0.25) is 0 Å². The fourth-order valence-electron chi connectivity index (χ4n) is 3.18. The van der Waals surface area contributed by atoms with E-state index in [0.717, 1.165) is 22.0 Å². The van der Waals surface area contributed by atoms with Gasteiger partial charge in [0.25, 0.3) is 5.91 Å². The van der Waals surface area contributed by atoms with Crippen molar-refractivity contribution >= 4 is 16.8 Å². The second-order valence-electron chi connectivity index (χ2n) is 6.05. The monoisotopic (exact) mass is 342 g/mol. The standard InChI is InChI=1S/C21H18N4O/c26-21(20-14-22-10-11-23-20)25-12-17(15-6-2-1-3-7-15)18-13-24-19-9-5-4-8-16(18)19/h1-11,13-14,17,24H,12H2,(H,25,26). The van der Waals surface area contributed by atoms with E-state index in [1.165, 1.54) is 12.4 Å². The van der Waals surface area contributed by atoms with Crippen molar-refractivity contribution in [1.29, 1.82) is 0 Å². The molecule has 0 aliphatic carbocycles. The predicted molar refractivity (Wildman–Crippen MR) is 101 cm³/mol. The van der Waals surface area contributed by atoms with E-state index < -0.39 is 0 Å². The molecule has 2 aromatic carbocycles. The maximum Gasteiger partial charge on any atom is 0.271 e. The van der Waals surface area contributed by atoms with Crippen LogP contribution < -0.4 is 5.32 Å². The second kappa shape index (κ2) is 7.19. The van der Waals surface area contributed by atoms with Crippen LogP contribution in [0.25, 0.3) is 10.9 Å². The van der Waals surface area contributed by atoms with E-state index >= 15 is 0 Å². The third-order valence-electron chi connectivity index (χ3n) is 4.46. The first-order valence-corrected chi connectivity index (χ1v) is 8.48. The summed E-state index contributed by atoms with van der Waals surface area (Å²) < 4.78 is 0. The Balaban J connectivity index is 1.65. The molecule has 0 spiro atoms. The first kappa shape index (κ1) is 16.0. The number of nitrogens with zero attached hydrogens (tertiary/aromatic N) is 2. The minimum atomic E-state index is -0.223. The van der Waals surface area contributed by atoms with Crippen LogP contribution in [0.1, 0.15) is 27.5 Å². The highest BCUT2D eigenvalue weighted by molar-refractivity contribution is 5.92. The van der Waals surface area contributed by atoms with E-state index in [9.17, 15) is 4.79 Å². The second-order valence-corrected chi connectivity index (χ2v) is 6.05. The molecule has 1 amide bonds. The first-order valence-electron chi connectivity index (χ1n) is 8.48. The minimum Gasteiger partial charge on any atom is -0.361 e. The number of para-hydroxylation sites is 1. The van der Waals surface area contributed by atoms with Gasteiger partial charge in [0.1, 0.15) is 5.69 Å². The number of nitrogens with one attached hydrogen (secondary N) is 2. The molecule has 1 unspecified atom stereocenters. The summed E-state index contributed by atoms with van der Waals surface area (Å²) in [5, 5.41) is 4.16. The van der Waals surface area contributed by atoms with E-state index in [4.69, 9.17) is 0 Å². The molecule has 2 N–H and O–H groups in total. The Morgan fingerprint density at radius 3 is 2.65 bits per heavy atom. The lowest BCUT2D eigenvalue weighted by Crippen LogP contribution is -2.29. The number of fused-ring (bicyclic) bond motifs is 1. The zero-order valence-electron chi connectivity index (χ0n) is 14.1. The molecule has 0 aliphatic rings. The molecule has 0 aliphatic heterocycles.